The number of sulfonamides is 1. The Morgan fingerprint density at radius 3 is 2.14 bits per heavy atom. The first kappa shape index (κ1) is 27.5. The molecule has 0 aliphatic heterocycles. The van der Waals surface area contributed by atoms with Crippen molar-refractivity contribution in [2.24, 2.45) is 11.5 Å². The second-order valence-corrected chi connectivity index (χ2v) is 9.80. The highest BCUT2D eigenvalue weighted by molar-refractivity contribution is 7.89. The lowest BCUT2D eigenvalue weighted by Gasteiger charge is -2.23. The standard InChI is InChI=1S/C23H30N6O5S/c1-2-35(33,34)29-20(16-6-4-3-5-7-16)23(32)28-18(12-13-19(24)30)22(31)27-14-15-8-10-17(11-9-15)21(25)26/h3-11,18,20,29H,2,12-14H2,1H3,(H2,24,30)(H3,25,26)(H,27,31)(H,28,32)/t18-,20+/m0/s1. The van der Waals surface area contributed by atoms with Crippen LogP contribution in [0.2, 0.25) is 0 Å². The zero-order chi connectivity index (χ0) is 26.0. The fraction of sp³-hybridized carbons (Fsp3) is 0.304. The average molecular weight is 503 g/mol. The highest BCUT2D eigenvalue weighted by Crippen LogP contribution is 2.15. The van der Waals surface area contributed by atoms with Crippen LogP contribution in [0.3, 0.4) is 0 Å². The fourth-order valence-electron chi connectivity index (χ4n) is 3.11. The van der Waals surface area contributed by atoms with Crippen molar-refractivity contribution in [3.63, 3.8) is 0 Å². The van der Waals surface area contributed by atoms with Crippen molar-refractivity contribution in [3.8, 4) is 0 Å². The van der Waals surface area contributed by atoms with Crippen molar-refractivity contribution in [1.29, 1.82) is 5.41 Å². The molecule has 8 N–H and O–H groups in total. The Labute approximate surface area is 204 Å². The molecule has 0 bridgehead atoms. The van der Waals surface area contributed by atoms with E-state index >= 15 is 0 Å². The molecule has 188 valence electrons. The molecule has 2 aromatic rings. The van der Waals surface area contributed by atoms with E-state index < -0.39 is 39.8 Å². The SMILES string of the molecule is CCS(=O)(=O)N[C@@H](C(=O)N[C@@H](CCC(N)=O)C(=O)NCc1ccc(C(=N)N)cc1)c1ccccc1. The van der Waals surface area contributed by atoms with Crippen LogP contribution in [0.1, 0.15) is 42.5 Å². The van der Waals surface area contributed by atoms with Crippen LogP contribution in [0.15, 0.2) is 54.6 Å². The van der Waals surface area contributed by atoms with E-state index in [0.29, 0.717) is 11.1 Å². The van der Waals surface area contributed by atoms with Gasteiger partial charge in [0.15, 0.2) is 0 Å². The third kappa shape index (κ3) is 8.83. The van der Waals surface area contributed by atoms with E-state index in [1.807, 2.05) is 0 Å². The highest BCUT2D eigenvalue weighted by Gasteiger charge is 2.29. The van der Waals surface area contributed by atoms with E-state index in [1.54, 1.807) is 54.6 Å². The topological polar surface area (TPSA) is 197 Å². The first-order valence-corrected chi connectivity index (χ1v) is 12.5. The van der Waals surface area contributed by atoms with Crippen LogP contribution in [-0.4, -0.2) is 43.8 Å². The number of carbonyl (C=O) groups is 3. The second-order valence-electron chi connectivity index (χ2n) is 7.76. The Balaban J connectivity index is 2.18. The molecule has 12 heteroatoms. The predicted octanol–water partition coefficient (Wildman–Crippen LogP) is 0.0178. The van der Waals surface area contributed by atoms with Crippen molar-refractivity contribution >= 4 is 33.6 Å². The lowest BCUT2D eigenvalue weighted by Crippen LogP contribution is -2.50. The molecule has 0 aliphatic carbocycles. The summed E-state index contributed by atoms with van der Waals surface area (Å²) in [4.78, 5) is 37.3. The molecule has 0 heterocycles. The van der Waals surface area contributed by atoms with Crippen molar-refractivity contribution in [2.45, 2.75) is 38.4 Å². The average Bonchev–Trinajstić information content (AvgIpc) is 2.84. The molecule has 0 unspecified atom stereocenters. The fourth-order valence-corrected chi connectivity index (χ4v) is 3.88. The van der Waals surface area contributed by atoms with Gasteiger partial charge in [-0.25, -0.2) is 8.42 Å². The van der Waals surface area contributed by atoms with Crippen LogP contribution in [0.25, 0.3) is 0 Å². The summed E-state index contributed by atoms with van der Waals surface area (Å²) in [7, 11) is -3.76. The number of hydrogen-bond donors (Lipinski definition) is 6. The Bertz CT molecular complexity index is 1150. The zero-order valence-electron chi connectivity index (χ0n) is 19.3. The third-order valence-electron chi connectivity index (χ3n) is 5.12. The minimum Gasteiger partial charge on any atom is -0.384 e. The van der Waals surface area contributed by atoms with E-state index in [1.165, 1.54) is 6.92 Å². The van der Waals surface area contributed by atoms with Gasteiger partial charge in [0, 0.05) is 18.5 Å². The molecule has 0 aliphatic rings. The Morgan fingerprint density at radius 2 is 1.60 bits per heavy atom. The second kappa shape index (κ2) is 12.6. The van der Waals surface area contributed by atoms with Gasteiger partial charge in [-0.05, 0) is 24.5 Å². The zero-order valence-corrected chi connectivity index (χ0v) is 20.1. The van der Waals surface area contributed by atoms with Gasteiger partial charge in [0.1, 0.15) is 17.9 Å². The lowest BCUT2D eigenvalue weighted by atomic mass is 10.1. The number of nitrogens with one attached hydrogen (secondary N) is 4. The summed E-state index contributed by atoms with van der Waals surface area (Å²) in [6.07, 6.45) is -0.236. The number of hydrogen-bond acceptors (Lipinski definition) is 6. The van der Waals surface area contributed by atoms with E-state index in [0.717, 1.165) is 5.56 Å². The number of benzene rings is 2. The summed E-state index contributed by atoms with van der Waals surface area (Å²) >= 11 is 0. The monoisotopic (exact) mass is 502 g/mol. The first-order valence-electron chi connectivity index (χ1n) is 10.9. The molecule has 2 aromatic carbocycles. The minimum atomic E-state index is -3.76. The van der Waals surface area contributed by atoms with Gasteiger partial charge in [0.2, 0.25) is 27.7 Å². The van der Waals surface area contributed by atoms with Crippen LogP contribution in [0.5, 0.6) is 0 Å². The van der Waals surface area contributed by atoms with E-state index in [2.05, 4.69) is 15.4 Å². The summed E-state index contributed by atoms with van der Waals surface area (Å²) in [5, 5.41) is 12.7. The number of nitrogen functional groups attached to an aromatic ring is 1. The summed E-state index contributed by atoms with van der Waals surface area (Å²) < 4.78 is 26.7. The quantitative estimate of drug-likeness (QED) is 0.165. The van der Waals surface area contributed by atoms with Gasteiger partial charge >= 0.3 is 0 Å². The Morgan fingerprint density at radius 1 is 0.971 bits per heavy atom. The molecule has 0 saturated heterocycles. The maximum atomic E-state index is 13.1. The molecular formula is C23H30N6O5S. The number of nitrogens with two attached hydrogens (primary N) is 2. The summed E-state index contributed by atoms with van der Waals surface area (Å²) in [6, 6.07) is 12.5. The van der Waals surface area contributed by atoms with Crippen LogP contribution >= 0.6 is 0 Å². The number of carbonyl (C=O) groups excluding carboxylic acids is 3. The Hall–Kier alpha value is -3.77. The molecule has 0 radical (unpaired) electrons. The highest BCUT2D eigenvalue weighted by atomic mass is 32.2. The molecule has 0 saturated carbocycles. The smallest absolute Gasteiger partial charge is 0.243 e. The summed E-state index contributed by atoms with van der Waals surface area (Å²) in [6.45, 7) is 1.55. The van der Waals surface area contributed by atoms with Crippen molar-refractivity contribution in [3.05, 3.63) is 71.3 Å². The Kier molecular flexibility index (Phi) is 9.91. The molecule has 0 spiro atoms. The third-order valence-corrected chi connectivity index (χ3v) is 6.47. The van der Waals surface area contributed by atoms with Crippen molar-refractivity contribution in [1.82, 2.24) is 15.4 Å². The molecule has 35 heavy (non-hydrogen) atoms. The molecule has 0 aromatic heterocycles. The normalized spacial score (nSPS) is 12.8. The van der Waals surface area contributed by atoms with E-state index in [9.17, 15) is 22.8 Å². The van der Waals surface area contributed by atoms with Crippen molar-refractivity contribution < 1.29 is 22.8 Å². The maximum Gasteiger partial charge on any atom is 0.243 e. The van der Waals surface area contributed by atoms with Crippen LogP contribution in [0, 0.1) is 5.41 Å². The van der Waals surface area contributed by atoms with E-state index in [-0.39, 0.29) is 31.0 Å². The summed E-state index contributed by atoms with van der Waals surface area (Å²) in [5.41, 5.74) is 12.3. The molecule has 11 nitrogen and oxygen atoms in total. The van der Waals surface area contributed by atoms with Gasteiger partial charge in [0.25, 0.3) is 0 Å². The molecule has 0 fully saturated rings. The van der Waals surface area contributed by atoms with Crippen molar-refractivity contribution in [2.75, 3.05) is 5.75 Å². The molecule has 3 amide bonds. The van der Waals surface area contributed by atoms with Gasteiger partial charge in [-0.2, -0.15) is 4.72 Å². The minimum absolute atomic E-state index is 0.0712. The van der Waals surface area contributed by atoms with Gasteiger partial charge < -0.3 is 22.1 Å². The molecule has 2 rings (SSSR count). The number of amidine groups is 1. The number of primary amides is 1. The molecule has 2 atom stereocenters. The van der Waals surface area contributed by atoms with Gasteiger partial charge in [-0.3, -0.25) is 19.8 Å². The summed E-state index contributed by atoms with van der Waals surface area (Å²) in [5.74, 6) is -2.29. The number of amides is 3. The predicted molar refractivity (Wildman–Crippen MR) is 131 cm³/mol. The largest absolute Gasteiger partial charge is 0.384 e. The maximum absolute atomic E-state index is 13.1. The van der Waals surface area contributed by atoms with Gasteiger partial charge in [0.05, 0.1) is 5.75 Å². The van der Waals surface area contributed by atoms with Crippen LogP contribution < -0.4 is 26.8 Å². The lowest BCUT2D eigenvalue weighted by molar-refractivity contribution is -0.130. The van der Waals surface area contributed by atoms with Crippen LogP contribution in [-0.2, 0) is 31.0 Å². The van der Waals surface area contributed by atoms with Gasteiger partial charge in [-0.1, -0.05) is 54.6 Å². The van der Waals surface area contributed by atoms with Crippen LogP contribution in [0.4, 0.5) is 0 Å². The molecular weight excluding hydrogens is 472 g/mol. The first-order chi connectivity index (χ1) is 16.5. The number of rotatable bonds is 13. The van der Waals surface area contributed by atoms with E-state index in [4.69, 9.17) is 16.9 Å². The van der Waals surface area contributed by atoms with Gasteiger partial charge in [-0.15, -0.1) is 0 Å².